The first-order valence-corrected chi connectivity index (χ1v) is 7.27. The Morgan fingerprint density at radius 2 is 2.00 bits per heavy atom. The summed E-state index contributed by atoms with van der Waals surface area (Å²) >= 11 is 0. The SMILES string of the molecule is C[C@@H]1C[C@H]2OC(=O)[C@@H](C)[C@H]2C[C@]2(C)COC(=O)C[C@@H]12. The van der Waals surface area contributed by atoms with Gasteiger partial charge in [0.2, 0.25) is 0 Å². The monoisotopic (exact) mass is 266 g/mol. The van der Waals surface area contributed by atoms with Gasteiger partial charge in [-0.2, -0.15) is 0 Å². The molecular formula is C15H22O4. The summed E-state index contributed by atoms with van der Waals surface area (Å²) in [6, 6.07) is 0. The molecule has 2 saturated heterocycles. The third kappa shape index (κ3) is 1.96. The minimum absolute atomic E-state index is 0.00498. The first kappa shape index (κ1) is 12.9. The summed E-state index contributed by atoms with van der Waals surface area (Å²) in [6.07, 6.45) is 2.36. The predicted molar refractivity (Wildman–Crippen MR) is 68.1 cm³/mol. The molecule has 0 amide bonds. The molecule has 3 fully saturated rings. The van der Waals surface area contributed by atoms with Gasteiger partial charge in [0.25, 0.3) is 0 Å². The first-order chi connectivity index (χ1) is 8.90. The maximum absolute atomic E-state index is 11.8. The Morgan fingerprint density at radius 1 is 1.26 bits per heavy atom. The van der Waals surface area contributed by atoms with Crippen LogP contribution in [-0.2, 0) is 19.1 Å². The van der Waals surface area contributed by atoms with Crippen molar-refractivity contribution in [1.29, 1.82) is 0 Å². The van der Waals surface area contributed by atoms with Crippen molar-refractivity contribution < 1.29 is 19.1 Å². The van der Waals surface area contributed by atoms with Crippen molar-refractivity contribution in [3.8, 4) is 0 Å². The molecule has 0 N–H and O–H groups in total. The van der Waals surface area contributed by atoms with E-state index in [0.29, 0.717) is 24.9 Å². The van der Waals surface area contributed by atoms with E-state index >= 15 is 0 Å². The first-order valence-electron chi connectivity index (χ1n) is 7.27. The van der Waals surface area contributed by atoms with Gasteiger partial charge in [0.15, 0.2) is 0 Å². The molecule has 2 aliphatic heterocycles. The highest BCUT2D eigenvalue weighted by Gasteiger charge is 2.54. The Morgan fingerprint density at radius 3 is 2.74 bits per heavy atom. The van der Waals surface area contributed by atoms with E-state index in [1.807, 2.05) is 6.92 Å². The largest absolute Gasteiger partial charge is 0.465 e. The van der Waals surface area contributed by atoms with Crippen LogP contribution < -0.4 is 0 Å². The number of rotatable bonds is 0. The van der Waals surface area contributed by atoms with Crippen LogP contribution in [0.5, 0.6) is 0 Å². The van der Waals surface area contributed by atoms with Gasteiger partial charge < -0.3 is 9.47 Å². The summed E-state index contributed by atoms with van der Waals surface area (Å²) in [7, 11) is 0. The Hall–Kier alpha value is -1.06. The maximum atomic E-state index is 11.8. The zero-order chi connectivity index (χ0) is 13.8. The summed E-state index contributed by atoms with van der Waals surface area (Å²) in [5, 5.41) is 0. The predicted octanol–water partition coefficient (Wildman–Crippen LogP) is 2.16. The highest BCUT2D eigenvalue weighted by Crippen LogP contribution is 2.52. The fourth-order valence-corrected chi connectivity index (χ4v) is 4.38. The molecule has 0 aromatic rings. The Labute approximate surface area is 113 Å². The lowest BCUT2D eigenvalue weighted by Gasteiger charge is -2.42. The van der Waals surface area contributed by atoms with Gasteiger partial charge in [-0.05, 0) is 24.7 Å². The molecule has 19 heavy (non-hydrogen) atoms. The third-order valence-corrected chi connectivity index (χ3v) is 5.60. The van der Waals surface area contributed by atoms with Gasteiger partial charge in [-0.25, -0.2) is 0 Å². The number of fused-ring (bicyclic) bond motifs is 2. The summed E-state index contributed by atoms with van der Waals surface area (Å²) < 4.78 is 10.8. The average Bonchev–Trinajstić information content (AvgIpc) is 2.54. The van der Waals surface area contributed by atoms with E-state index in [0.717, 1.165) is 12.8 Å². The van der Waals surface area contributed by atoms with Crippen LogP contribution in [0.15, 0.2) is 0 Å². The normalized spacial score (nSPS) is 49.7. The zero-order valence-electron chi connectivity index (χ0n) is 11.8. The molecule has 0 aromatic carbocycles. The van der Waals surface area contributed by atoms with Gasteiger partial charge in [-0.3, -0.25) is 9.59 Å². The summed E-state index contributed by atoms with van der Waals surface area (Å²) in [5.41, 5.74) is -0.00498. The van der Waals surface area contributed by atoms with Crippen LogP contribution in [0.25, 0.3) is 0 Å². The quantitative estimate of drug-likeness (QED) is 0.630. The van der Waals surface area contributed by atoms with Crippen molar-refractivity contribution in [3.63, 3.8) is 0 Å². The number of hydrogen-bond acceptors (Lipinski definition) is 4. The van der Waals surface area contributed by atoms with E-state index in [1.165, 1.54) is 0 Å². The van der Waals surface area contributed by atoms with E-state index in [-0.39, 0.29) is 35.3 Å². The number of cyclic esters (lactones) is 1. The lowest BCUT2D eigenvalue weighted by Crippen LogP contribution is -2.43. The van der Waals surface area contributed by atoms with Gasteiger partial charge >= 0.3 is 11.9 Å². The number of hydrogen-bond donors (Lipinski definition) is 0. The summed E-state index contributed by atoms with van der Waals surface area (Å²) in [5.74, 6) is 0.867. The van der Waals surface area contributed by atoms with Crippen LogP contribution in [0.4, 0.5) is 0 Å². The number of carbonyl (C=O) groups is 2. The smallest absolute Gasteiger partial charge is 0.309 e. The minimum Gasteiger partial charge on any atom is -0.465 e. The molecule has 1 saturated carbocycles. The van der Waals surface area contributed by atoms with Crippen LogP contribution in [0.1, 0.15) is 40.0 Å². The molecule has 0 radical (unpaired) electrons. The van der Waals surface area contributed by atoms with Crippen LogP contribution in [0.3, 0.4) is 0 Å². The zero-order valence-corrected chi connectivity index (χ0v) is 11.8. The molecule has 0 bridgehead atoms. The second kappa shape index (κ2) is 4.22. The fourth-order valence-electron chi connectivity index (χ4n) is 4.38. The van der Waals surface area contributed by atoms with Crippen molar-refractivity contribution in [2.75, 3.05) is 6.61 Å². The van der Waals surface area contributed by atoms with Crippen LogP contribution >= 0.6 is 0 Å². The van der Waals surface area contributed by atoms with Gasteiger partial charge in [0, 0.05) is 17.8 Å². The maximum Gasteiger partial charge on any atom is 0.309 e. The van der Waals surface area contributed by atoms with E-state index in [9.17, 15) is 9.59 Å². The molecule has 106 valence electrons. The van der Waals surface area contributed by atoms with Crippen molar-refractivity contribution >= 4 is 11.9 Å². The van der Waals surface area contributed by atoms with Crippen molar-refractivity contribution in [2.24, 2.45) is 29.1 Å². The Bertz CT molecular complexity index is 418. The average molecular weight is 266 g/mol. The molecule has 0 unspecified atom stereocenters. The van der Waals surface area contributed by atoms with E-state index in [2.05, 4.69) is 13.8 Å². The lowest BCUT2D eigenvalue weighted by molar-refractivity contribution is -0.162. The van der Waals surface area contributed by atoms with Crippen molar-refractivity contribution in [2.45, 2.75) is 46.1 Å². The highest BCUT2D eigenvalue weighted by atomic mass is 16.6. The highest BCUT2D eigenvalue weighted by molar-refractivity contribution is 5.75. The second-order valence-electron chi connectivity index (χ2n) is 6.97. The number of esters is 2. The van der Waals surface area contributed by atoms with Crippen LogP contribution in [0, 0.1) is 29.1 Å². The molecule has 2 heterocycles. The van der Waals surface area contributed by atoms with Gasteiger partial charge in [-0.1, -0.05) is 20.8 Å². The minimum atomic E-state index is -0.0774. The van der Waals surface area contributed by atoms with Gasteiger partial charge in [0.1, 0.15) is 6.10 Å². The van der Waals surface area contributed by atoms with Crippen LogP contribution in [-0.4, -0.2) is 24.6 Å². The molecule has 1 aliphatic carbocycles. The topological polar surface area (TPSA) is 52.6 Å². The van der Waals surface area contributed by atoms with E-state index in [4.69, 9.17) is 9.47 Å². The van der Waals surface area contributed by atoms with Crippen LogP contribution in [0.2, 0.25) is 0 Å². The Kier molecular flexibility index (Phi) is 2.88. The standard InChI is InChI=1S/C15H22O4/c1-8-4-12-10(9(2)14(17)19-12)6-15(3)7-18-13(16)5-11(8)15/h8-12H,4-7H2,1-3H3/t8-,9+,10-,11+,12-,15-/m1/s1. The molecule has 3 aliphatic rings. The summed E-state index contributed by atoms with van der Waals surface area (Å²) in [6.45, 7) is 6.85. The number of ether oxygens (including phenoxy) is 2. The van der Waals surface area contributed by atoms with Gasteiger partial charge in [-0.15, -0.1) is 0 Å². The lowest BCUT2D eigenvalue weighted by atomic mass is 9.66. The van der Waals surface area contributed by atoms with E-state index < -0.39 is 0 Å². The molecule has 3 rings (SSSR count). The molecule has 0 aromatic heterocycles. The Balaban J connectivity index is 1.91. The number of carbonyl (C=O) groups excluding carboxylic acids is 2. The molecule has 4 heteroatoms. The van der Waals surface area contributed by atoms with Gasteiger partial charge in [0.05, 0.1) is 12.5 Å². The second-order valence-corrected chi connectivity index (χ2v) is 6.97. The summed E-state index contributed by atoms with van der Waals surface area (Å²) in [4.78, 5) is 23.3. The van der Waals surface area contributed by atoms with E-state index in [1.54, 1.807) is 0 Å². The fraction of sp³-hybridized carbons (Fsp3) is 0.867. The third-order valence-electron chi connectivity index (χ3n) is 5.60. The van der Waals surface area contributed by atoms with Crippen molar-refractivity contribution in [1.82, 2.24) is 0 Å². The molecule has 4 nitrogen and oxygen atoms in total. The van der Waals surface area contributed by atoms with Crippen molar-refractivity contribution in [3.05, 3.63) is 0 Å². The molecule has 6 atom stereocenters. The molecule has 0 spiro atoms. The molecular weight excluding hydrogens is 244 g/mol.